The predicted octanol–water partition coefficient (Wildman–Crippen LogP) is 5.19. The van der Waals surface area contributed by atoms with Gasteiger partial charge in [-0.1, -0.05) is 60.6 Å². The molecule has 0 aliphatic carbocycles. The minimum absolute atomic E-state index is 0.0377. The van der Waals surface area contributed by atoms with Crippen LogP contribution >= 0.6 is 11.8 Å². The number of para-hydroxylation sites is 1. The second-order valence-electron chi connectivity index (χ2n) is 8.33. The molecule has 0 N–H and O–H groups in total. The number of rotatable bonds is 6. The van der Waals surface area contributed by atoms with Gasteiger partial charge in [-0.05, 0) is 61.7 Å². The van der Waals surface area contributed by atoms with Gasteiger partial charge in [0.25, 0.3) is 5.56 Å². The van der Waals surface area contributed by atoms with E-state index in [1.165, 1.54) is 17.3 Å². The van der Waals surface area contributed by atoms with Crippen LogP contribution in [0.1, 0.15) is 34.0 Å². The lowest BCUT2D eigenvalue weighted by molar-refractivity contribution is 0.102. The highest BCUT2D eigenvalue weighted by Gasteiger charge is 2.19. The van der Waals surface area contributed by atoms with Gasteiger partial charge in [0.05, 0.1) is 22.3 Å². The molecule has 0 aliphatic rings. The van der Waals surface area contributed by atoms with Gasteiger partial charge in [-0.2, -0.15) is 0 Å². The molecular weight excluding hydrogens is 444 g/mol. The van der Waals surface area contributed by atoms with Crippen LogP contribution in [-0.2, 0) is 6.42 Å². The first kappa shape index (κ1) is 22.1. The zero-order chi connectivity index (χ0) is 23.8. The summed E-state index contributed by atoms with van der Waals surface area (Å²) in [6.45, 7) is 6.02. The van der Waals surface area contributed by atoms with Crippen molar-refractivity contribution < 1.29 is 4.79 Å². The minimum atomic E-state index is -0.150. The van der Waals surface area contributed by atoms with Gasteiger partial charge in [0.15, 0.2) is 10.9 Å². The minimum Gasteiger partial charge on any atom is -0.293 e. The van der Waals surface area contributed by atoms with Crippen LogP contribution in [0, 0.1) is 13.8 Å². The van der Waals surface area contributed by atoms with Crippen molar-refractivity contribution in [2.24, 2.45) is 0 Å². The van der Waals surface area contributed by atoms with Crippen LogP contribution < -0.4 is 5.56 Å². The number of fused-ring (bicyclic) bond motifs is 3. The highest BCUT2D eigenvalue weighted by Crippen LogP contribution is 2.24. The lowest BCUT2D eigenvalue weighted by Gasteiger charge is -2.12. The molecule has 0 radical (unpaired) electrons. The summed E-state index contributed by atoms with van der Waals surface area (Å²) in [6, 6.07) is 21.2. The van der Waals surface area contributed by atoms with E-state index >= 15 is 0 Å². The molecule has 5 rings (SSSR count). The summed E-state index contributed by atoms with van der Waals surface area (Å²) in [4.78, 5) is 26.4. The summed E-state index contributed by atoms with van der Waals surface area (Å²) in [7, 11) is 0. The number of carbonyl (C=O) groups is 1. The van der Waals surface area contributed by atoms with Gasteiger partial charge >= 0.3 is 0 Å². The summed E-state index contributed by atoms with van der Waals surface area (Å²) in [6.07, 6.45) is 0.919. The van der Waals surface area contributed by atoms with Crippen molar-refractivity contribution in [3.8, 4) is 5.69 Å². The van der Waals surface area contributed by atoms with E-state index in [0.29, 0.717) is 16.3 Å². The van der Waals surface area contributed by atoms with Crippen LogP contribution in [0.2, 0.25) is 0 Å². The van der Waals surface area contributed by atoms with Gasteiger partial charge in [0, 0.05) is 5.56 Å². The highest BCUT2D eigenvalue weighted by atomic mass is 32.2. The summed E-state index contributed by atoms with van der Waals surface area (Å²) in [5, 5.41) is 9.89. The third-order valence-electron chi connectivity index (χ3n) is 6.02. The summed E-state index contributed by atoms with van der Waals surface area (Å²) in [5.74, 6) is 0.689. The maximum Gasteiger partial charge on any atom is 0.267 e. The van der Waals surface area contributed by atoms with Crippen LogP contribution in [0.25, 0.3) is 22.4 Å². The fourth-order valence-corrected chi connectivity index (χ4v) is 4.95. The van der Waals surface area contributed by atoms with Crippen molar-refractivity contribution >= 4 is 34.2 Å². The smallest absolute Gasteiger partial charge is 0.267 e. The molecule has 3 aromatic carbocycles. The number of benzene rings is 3. The van der Waals surface area contributed by atoms with E-state index in [2.05, 4.69) is 17.1 Å². The first-order valence-corrected chi connectivity index (χ1v) is 12.2. The summed E-state index contributed by atoms with van der Waals surface area (Å²) in [5.41, 5.74) is 5.22. The Balaban J connectivity index is 1.62. The number of nitrogens with zero attached hydrogens (tertiary/aromatic N) is 4. The molecule has 0 saturated carbocycles. The monoisotopic (exact) mass is 468 g/mol. The normalized spacial score (nSPS) is 11.4. The van der Waals surface area contributed by atoms with Crippen molar-refractivity contribution in [1.82, 2.24) is 19.2 Å². The SMILES string of the molecule is CCc1ccc(-n2c(=O)c3ccccc3n3c(SCC(=O)c4cc(C)ccc4C)nnc23)cc1. The Labute approximate surface area is 201 Å². The molecule has 0 amide bonds. The molecule has 0 spiro atoms. The number of hydrogen-bond donors (Lipinski definition) is 0. The number of thioether (sulfide) groups is 1. The van der Waals surface area contributed by atoms with Crippen molar-refractivity contribution in [2.75, 3.05) is 5.75 Å². The van der Waals surface area contributed by atoms with E-state index in [1.807, 2.05) is 85.0 Å². The first-order chi connectivity index (χ1) is 16.5. The molecule has 0 saturated heterocycles. The Bertz CT molecular complexity index is 1600. The van der Waals surface area contributed by atoms with Crippen molar-refractivity contribution in [3.63, 3.8) is 0 Å². The van der Waals surface area contributed by atoms with Crippen molar-refractivity contribution in [3.05, 3.63) is 99.3 Å². The van der Waals surface area contributed by atoms with Gasteiger partial charge in [-0.25, -0.2) is 4.57 Å². The molecule has 5 aromatic rings. The molecule has 0 unspecified atom stereocenters. The number of hydrogen-bond acceptors (Lipinski definition) is 5. The van der Waals surface area contributed by atoms with E-state index in [4.69, 9.17) is 0 Å². The molecule has 34 heavy (non-hydrogen) atoms. The van der Waals surface area contributed by atoms with E-state index in [9.17, 15) is 9.59 Å². The second-order valence-corrected chi connectivity index (χ2v) is 9.27. The van der Waals surface area contributed by atoms with E-state index in [1.54, 1.807) is 4.57 Å². The topological polar surface area (TPSA) is 69.3 Å². The first-order valence-electron chi connectivity index (χ1n) is 11.2. The molecule has 7 heteroatoms. The molecule has 0 fully saturated rings. The zero-order valence-electron chi connectivity index (χ0n) is 19.3. The maximum atomic E-state index is 13.4. The molecule has 0 bridgehead atoms. The molecule has 0 atom stereocenters. The van der Waals surface area contributed by atoms with Gasteiger partial charge in [0.2, 0.25) is 5.78 Å². The number of carbonyl (C=O) groups excluding carboxylic acids is 1. The number of aryl methyl sites for hydroxylation is 3. The largest absolute Gasteiger partial charge is 0.293 e. The fourth-order valence-electron chi connectivity index (χ4n) is 4.13. The average Bonchev–Trinajstić information content (AvgIpc) is 3.28. The van der Waals surface area contributed by atoms with Crippen molar-refractivity contribution in [2.45, 2.75) is 32.3 Å². The molecule has 0 aliphatic heterocycles. The van der Waals surface area contributed by atoms with Crippen LogP contribution in [0.4, 0.5) is 0 Å². The third-order valence-corrected chi connectivity index (χ3v) is 6.95. The zero-order valence-corrected chi connectivity index (χ0v) is 20.1. The molecular formula is C27H24N4O2S. The number of ketones is 1. The Kier molecular flexibility index (Phi) is 5.79. The quantitative estimate of drug-likeness (QED) is 0.253. The Hall–Kier alpha value is -3.71. The predicted molar refractivity (Wildman–Crippen MR) is 136 cm³/mol. The average molecular weight is 469 g/mol. The van der Waals surface area contributed by atoms with Gasteiger partial charge in [-0.15, -0.1) is 10.2 Å². The molecule has 2 aromatic heterocycles. The molecule has 2 heterocycles. The van der Waals surface area contributed by atoms with E-state index in [0.717, 1.165) is 34.3 Å². The van der Waals surface area contributed by atoms with Crippen molar-refractivity contribution in [1.29, 1.82) is 0 Å². The molecule has 6 nitrogen and oxygen atoms in total. The van der Waals surface area contributed by atoms with Crippen LogP contribution in [0.15, 0.2) is 76.7 Å². The highest BCUT2D eigenvalue weighted by molar-refractivity contribution is 7.99. The lowest BCUT2D eigenvalue weighted by Crippen LogP contribution is -2.21. The van der Waals surface area contributed by atoms with Gasteiger partial charge in [0.1, 0.15) is 0 Å². The maximum absolute atomic E-state index is 13.4. The number of aromatic nitrogens is 4. The fraction of sp³-hybridized carbons (Fsp3) is 0.185. The Morgan fingerprint density at radius 2 is 1.74 bits per heavy atom. The van der Waals surface area contributed by atoms with Crippen LogP contribution in [0.3, 0.4) is 0 Å². The summed E-state index contributed by atoms with van der Waals surface area (Å²) < 4.78 is 3.46. The van der Waals surface area contributed by atoms with Crippen LogP contribution in [0.5, 0.6) is 0 Å². The standard InChI is InChI=1S/C27H24N4O2S/c1-4-19-11-13-20(14-12-19)30-25(33)21-7-5-6-8-23(21)31-26(30)28-29-27(31)34-16-24(32)22-15-17(2)9-10-18(22)3/h5-15H,4,16H2,1-3H3. The Morgan fingerprint density at radius 1 is 0.971 bits per heavy atom. The molecule has 170 valence electrons. The third kappa shape index (κ3) is 3.82. The lowest BCUT2D eigenvalue weighted by atomic mass is 10.0. The van der Waals surface area contributed by atoms with E-state index < -0.39 is 0 Å². The van der Waals surface area contributed by atoms with Gasteiger partial charge in [-0.3, -0.25) is 14.0 Å². The summed E-state index contributed by atoms with van der Waals surface area (Å²) >= 11 is 1.33. The van der Waals surface area contributed by atoms with E-state index in [-0.39, 0.29) is 17.1 Å². The van der Waals surface area contributed by atoms with Crippen LogP contribution in [-0.4, -0.2) is 30.7 Å². The number of Topliss-reactive ketones (excluding diaryl/α,β-unsaturated/α-hetero) is 1. The second kappa shape index (κ2) is 8.91. The Morgan fingerprint density at radius 3 is 2.50 bits per heavy atom. The van der Waals surface area contributed by atoms with Gasteiger partial charge < -0.3 is 0 Å².